The van der Waals surface area contributed by atoms with Gasteiger partial charge in [-0.15, -0.1) is 0 Å². The summed E-state index contributed by atoms with van der Waals surface area (Å²) in [6.07, 6.45) is -4.36. The van der Waals surface area contributed by atoms with Crippen LogP contribution in [0.3, 0.4) is 0 Å². The fourth-order valence-corrected chi connectivity index (χ4v) is 5.06. The van der Waals surface area contributed by atoms with E-state index < -0.39 is 11.7 Å². The predicted octanol–water partition coefficient (Wildman–Crippen LogP) is 8.41. The van der Waals surface area contributed by atoms with E-state index in [-0.39, 0.29) is 0 Å². The van der Waals surface area contributed by atoms with Crippen LogP contribution < -0.4 is 0 Å². The van der Waals surface area contributed by atoms with E-state index >= 15 is 0 Å². The number of rotatable bonds is 2. The zero-order valence-electron chi connectivity index (χ0n) is 16.1. The lowest BCUT2D eigenvalue weighted by Gasteiger charge is -2.18. The van der Waals surface area contributed by atoms with Crippen molar-refractivity contribution in [2.24, 2.45) is 0 Å². The van der Waals surface area contributed by atoms with Crippen LogP contribution in [0.1, 0.15) is 16.7 Å². The Bertz CT molecular complexity index is 1250. The van der Waals surface area contributed by atoms with Gasteiger partial charge in [-0.25, -0.2) is 4.98 Å². The molecule has 0 aliphatic heterocycles. The zero-order valence-corrected chi connectivity index (χ0v) is 20.4. The molecular weight excluding hydrogens is 613 g/mol. The average Bonchev–Trinajstić information content (AvgIpc) is 2.72. The van der Waals surface area contributed by atoms with Gasteiger partial charge < -0.3 is 0 Å². The Morgan fingerprint density at radius 2 is 1.43 bits per heavy atom. The highest BCUT2D eigenvalue weighted by molar-refractivity contribution is 14.1. The van der Waals surface area contributed by atoms with Crippen molar-refractivity contribution < 1.29 is 13.2 Å². The van der Waals surface area contributed by atoms with E-state index in [0.717, 1.165) is 48.9 Å². The molecule has 0 radical (unpaired) electrons. The summed E-state index contributed by atoms with van der Waals surface area (Å²) >= 11 is 4.63. The summed E-state index contributed by atoms with van der Waals surface area (Å²) in [7, 11) is 0. The van der Waals surface area contributed by atoms with Crippen LogP contribution in [0.15, 0.2) is 60.7 Å². The van der Waals surface area contributed by atoms with Crippen molar-refractivity contribution in [1.82, 2.24) is 4.98 Å². The number of aromatic nitrogens is 1. The molecule has 1 aromatic heterocycles. The van der Waals surface area contributed by atoms with Gasteiger partial charge in [0.05, 0.1) is 16.8 Å². The highest BCUT2D eigenvalue weighted by atomic mass is 127. The van der Waals surface area contributed by atoms with Crippen molar-refractivity contribution >= 4 is 56.1 Å². The maximum Gasteiger partial charge on any atom is 0.416 e. The van der Waals surface area contributed by atoms with Gasteiger partial charge in [0.2, 0.25) is 0 Å². The van der Waals surface area contributed by atoms with Gasteiger partial charge in [-0.3, -0.25) is 0 Å². The van der Waals surface area contributed by atoms with Gasteiger partial charge in [0.15, 0.2) is 0 Å². The van der Waals surface area contributed by atoms with Crippen molar-refractivity contribution in [3.05, 3.63) is 84.5 Å². The normalized spacial score (nSPS) is 11.8. The first-order valence-electron chi connectivity index (χ1n) is 9.20. The van der Waals surface area contributed by atoms with Gasteiger partial charge in [-0.05, 0) is 93.9 Å². The van der Waals surface area contributed by atoms with Crippen molar-refractivity contribution in [2.45, 2.75) is 20.0 Å². The Hall–Kier alpha value is -1.68. The second-order valence-corrected chi connectivity index (χ2v) is 9.27. The molecule has 4 rings (SSSR count). The van der Waals surface area contributed by atoms with Crippen LogP contribution in [0.4, 0.5) is 13.2 Å². The molecule has 0 atom stereocenters. The van der Waals surface area contributed by atoms with Crippen LogP contribution in [-0.4, -0.2) is 4.98 Å². The third-order valence-electron chi connectivity index (χ3n) is 5.12. The minimum atomic E-state index is -4.36. The molecule has 4 aromatic rings. The minimum absolute atomic E-state index is 0.661. The number of nitrogens with zero attached hydrogens (tertiary/aromatic N) is 1. The third kappa shape index (κ3) is 3.84. The molecule has 0 N–H and O–H groups in total. The summed E-state index contributed by atoms with van der Waals surface area (Å²) in [6.45, 7) is 4.15. The van der Waals surface area contributed by atoms with Crippen molar-refractivity contribution in [3.63, 3.8) is 0 Å². The first-order valence-corrected chi connectivity index (χ1v) is 11.4. The summed E-state index contributed by atoms with van der Waals surface area (Å²) < 4.78 is 41.1. The largest absolute Gasteiger partial charge is 0.416 e. The molecule has 3 aromatic carbocycles. The van der Waals surface area contributed by atoms with Gasteiger partial charge in [0.25, 0.3) is 0 Å². The summed E-state index contributed by atoms with van der Waals surface area (Å²) in [5.41, 5.74) is 5.96. The van der Waals surface area contributed by atoms with Crippen LogP contribution >= 0.6 is 45.2 Å². The molecule has 30 heavy (non-hydrogen) atoms. The highest BCUT2D eigenvalue weighted by Crippen LogP contribution is 2.41. The number of aryl methyl sites for hydroxylation is 2. The second-order valence-electron chi connectivity index (χ2n) is 7.12. The molecule has 152 valence electrons. The van der Waals surface area contributed by atoms with Crippen molar-refractivity contribution in [1.29, 1.82) is 0 Å². The molecule has 0 fully saturated rings. The highest BCUT2D eigenvalue weighted by Gasteiger charge is 2.30. The van der Waals surface area contributed by atoms with Gasteiger partial charge in [0, 0.05) is 23.7 Å². The number of halogens is 5. The van der Waals surface area contributed by atoms with Crippen LogP contribution in [0, 0.1) is 21.0 Å². The van der Waals surface area contributed by atoms with Gasteiger partial charge in [-0.2, -0.15) is 13.2 Å². The standard InChI is InChI=1S/C24H16F3I2N/c1-13-12-18-19(14(2)21(13)28)20(15-6-4-3-5-7-15)22(29)23(30-18)16-8-10-17(11-9-16)24(25,26)27/h3-12H,1-2H3. The quantitative estimate of drug-likeness (QED) is 0.203. The van der Waals surface area contributed by atoms with Gasteiger partial charge >= 0.3 is 6.18 Å². The molecule has 0 saturated heterocycles. The van der Waals surface area contributed by atoms with Gasteiger partial charge in [0.1, 0.15) is 0 Å². The summed E-state index contributed by atoms with van der Waals surface area (Å²) in [6, 6.07) is 17.3. The Balaban J connectivity index is 2.05. The number of hydrogen-bond acceptors (Lipinski definition) is 1. The van der Waals surface area contributed by atoms with E-state index in [1.54, 1.807) is 0 Å². The van der Waals surface area contributed by atoms with E-state index in [4.69, 9.17) is 4.98 Å². The molecule has 0 unspecified atom stereocenters. The number of hydrogen-bond donors (Lipinski definition) is 0. The Morgan fingerprint density at radius 3 is 2.03 bits per heavy atom. The predicted molar refractivity (Wildman–Crippen MR) is 133 cm³/mol. The van der Waals surface area contributed by atoms with Crippen molar-refractivity contribution in [3.8, 4) is 22.4 Å². The maximum absolute atomic E-state index is 13.0. The molecule has 0 bridgehead atoms. The average molecular weight is 629 g/mol. The molecule has 0 saturated carbocycles. The van der Waals surface area contributed by atoms with Crippen LogP contribution in [0.2, 0.25) is 0 Å². The van der Waals surface area contributed by atoms with E-state index in [2.05, 4.69) is 70.3 Å². The fraction of sp³-hybridized carbons (Fsp3) is 0.125. The smallest absolute Gasteiger partial charge is 0.247 e. The molecule has 0 spiro atoms. The molecule has 6 heteroatoms. The second kappa shape index (κ2) is 8.11. The lowest BCUT2D eigenvalue weighted by molar-refractivity contribution is -0.137. The molecule has 1 heterocycles. The minimum Gasteiger partial charge on any atom is -0.247 e. The first-order chi connectivity index (χ1) is 14.2. The summed E-state index contributed by atoms with van der Waals surface area (Å²) in [5, 5.41) is 1.08. The molecule has 1 nitrogen and oxygen atoms in total. The summed E-state index contributed by atoms with van der Waals surface area (Å²) in [4.78, 5) is 4.89. The van der Waals surface area contributed by atoms with Crippen LogP contribution in [0.25, 0.3) is 33.3 Å². The number of pyridine rings is 1. The molecule has 0 aliphatic rings. The topological polar surface area (TPSA) is 12.9 Å². The Kier molecular flexibility index (Phi) is 5.82. The Morgan fingerprint density at radius 1 is 0.800 bits per heavy atom. The third-order valence-corrected chi connectivity index (χ3v) is 7.83. The van der Waals surface area contributed by atoms with Gasteiger partial charge in [-0.1, -0.05) is 42.5 Å². The van der Waals surface area contributed by atoms with E-state index in [1.165, 1.54) is 15.7 Å². The molecular formula is C24H16F3I2N. The maximum atomic E-state index is 13.0. The Labute approximate surface area is 200 Å². The number of fused-ring (bicyclic) bond motifs is 1. The lowest BCUT2D eigenvalue weighted by Crippen LogP contribution is -2.04. The number of benzene rings is 3. The summed E-state index contributed by atoms with van der Waals surface area (Å²) in [5.74, 6) is 0. The SMILES string of the molecule is Cc1cc2nc(-c3ccc(C(F)(F)F)cc3)c(I)c(-c3ccccc3)c2c(C)c1I. The van der Waals surface area contributed by atoms with E-state index in [1.807, 2.05) is 25.1 Å². The van der Waals surface area contributed by atoms with Crippen molar-refractivity contribution in [2.75, 3.05) is 0 Å². The van der Waals surface area contributed by atoms with E-state index in [9.17, 15) is 13.2 Å². The van der Waals surface area contributed by atoms with Crippen LogP contribution in [0.5, 0.6) is 0 Å². The first kappa shape index (κ1) is 21.5. The monoisotopic (exact) mass is 629 g/mol. The van der Waals surface area contributed by atoms with E-state index in [0.29, 0.717) is 11.3 Å². The number of alkyl halides is 3. The fourth-order valence-electron chi connectivity index (χ4n) is 3.62. The van der Waals surface area contributed by atoms with Crippen LogP contribution in [-0.2, 0) is 6.18 Å². The zero-order chi connectivity index (χ0) is 21.6. The lowest BCUT2D eigenvalue weighted by atomic mass is 9.94. The molecule has 0 aliphatic carbocycles. The molecule has 0 amide bonds.